The summed E-state index contributed by atoms with van der Waals surface area (Å²) < 4.78 is 1.71. The van der Waals surface area contributed by atoms with Gasteiger partial charge in [-0.1, -0.05) is 35.5 Å². The predicted molar refractivity (Wildman–Crippen MR) is 96.8 cm³/mol. The van der Waals surface area contributed by atoms with Crippen molar-refractivity contribution < 1.29 is 0 Å². The summed E-state index contributed by atoms with van der Waals surface area (Å²) in [5, 5.41) is 12.7. The summed E-state index contributed by atoms with van der Waals surface area (Å²) in [5.74, 6) is 1.77. The van der Waals surface area contributed by atoms with Crippen molar-refractivity contribution >= 4 is 35.3 Å². The minimum atomic E-state index is 0.163. The quantitative estimate of drug-likeness (QED) is 0.634. The Morgan fingerprint density at radius 2 is 2.00 bits per heavy atom. The van der Waals surface area contributed by atoms with Crippen LogP contribution in [0.25, 0.3) is 5.95 Å². The number of thioether (sulfide) groups is 1. The normalized spacial score (nSPS) is 13.8. The number of hydrogen-bond donors (Lipinski definition) is 2. The van der Waals surface area contributed by atoms with Gasteiger partial charge in [0, 0.05) is 16.8 Å². The lowest BCUT2D eigenvalue weighted by molar-refractivity contribution is 0.812. The summed E-state index contributed by atoms with van der Waals surface area (Å²) in [6.45, 7) is 0. The maximum absolute atomic E-state index is 5.91. The molecular weight excluding hydrogens is 360 g/mol. The van der Waals surface area contributed by atoms with Crippen LogP contribution in [0.15, 0.2) is 35.7 Å². The molecule has 4 rings (SSSR count). The van der Waals surface area contributed by atoms with Crippen LogP contribution in [0.2, 0.25) is 5.02 Å². The molecule has 0 atom stereocenters. The second-order valence-corrected chi connectivity index (χ2v) is 7.01. The van der Waals surface area contributed by atoms with E-state index in [2.05, 4.69) is 30.5 Å². The van der Waals surface area contributed by atoms with E-state index in [1.807, 2.05) is 24.3 Å². The maximum atomic E-state index is 5.91. The molecule has 2 heterocycles. The summed E-state index contributed by atoms with van der Waals surface area (Å²) in [5.41, 5.74) is 6.95. The van der Waals surface area contributed by atoms with Gasteiger partial charge in [-0.25, -0.2) is 4.57 Å². The highest BCUT2D eigenvalue weighted by Crippen LogP contribution is 2.25. The van der Waals surface area contributed by atoms with Gasteiger partial charge in [-0.15, -0.1) is 10.2 Å². The summed E-state index contributed by atoms with van der Waals surface area (Å²) >= 11 is 7.44. The van der Waals surface area contributed by atoms with Crippen molar-refractivity contribution in [2.75, 3.05) is 11.1 Å². The predicted octanol–water partition coefficient (Wildman–Crippen LogP) is 2.55. The molecule has 1 saturated carbocycles. The van der Waals surface area contributed by atoms with E-state index in [4.69, 9.17) is 17.3 Å². The van der Waals surface area contributed by atoms with Gasteiger partial charge in [0.15, 0.2) is 5.16 Å². The van der Waals surface area contributed by atoms with E-state index in [-0.39, 0.29) is 5.95 Å². The number of anilines is 2. The molecule has 0 aliphatic heterocycles. The van der Waals surface area contributed by atoms with Crippen LogP contribution in [0.1, 0.15) is 18.4 Å². The zero-order chi connectivity index (χ0) is 17.2. The van der Waals surface area contributed by atoms with E-state index in [0.717, 1.165) is 24.2 Å². The van der Waals surface area contributed by atoms with Crippen LogP contribution in [0, 0.1) is 0 Å². The average Bonchev–Trinajstić information content (AvgIpc) is 3.27. The number of rotatable bonds is 6. The van der Waals surface area contributed by atoms with Gasteiger partial charge < -0.3 is 11.1 Å². The molecule has 0 radical (unpaired) electrons. The first-order valence-corrected chi connectivity index (χ1v) is 9.09. The van der Waals surface area contributed by atoms with Gasteiger partial charge in [0.2, 0.25) is 17.8 Å². The van der Waals surface area contributed by atoms with Crippen LogP contribution in [0.5, 0.6) is 0 Å². The lowest BCUT2D eigenvalue weighted by atomic mass is 10.2. The number of benzene rings is 1. The molecule has 1 aliphatic carbocycles. The second kappa shape index (κ2) is 6.85. The molecule has 8 nitrogen and oxygen atoms in total. The molecule has 0 unspecified atom stereocenters. The van der Waals surface area contributed by atoms with Crippen LogP contribution in [0.3, 0.4) is 0 Å². The molecule has 1 aliphatic rings. The minimum absolute atomic E-state index is 0.163. The summed E-state index contributed by atoms with van der Waals surface area (Å²) in [7, 11) is 0. The van der Waals surface area contributed by atoms with Gasteiger partial charge in [0.05, 0.1) is 0 Å². The van der Waals surface area contributed by atoms with Crippen molar-refractivity contribution in [2.45, 2.75) is 29.8 Å². The molecule has 1 aromatic carbocycles. The smallest absolute Gasteiger partial charge is 0.243 e. The third-order valence-electron chi connectivity index (χ3n) is 3.56. The van der Waals surface area contributed by atoms with Gasteiger partial charge in [-0.3, -0.25) is 0 Å². The summed E-state index contributed by atoms with van der Waals surface area (Å²) in [6.07, 6.45) is 3.81. The standard InChI is InChI=1S/C15H15ClN8S/c16-10-3-1-9(2-4-10)7-25-15-23-18-8-24(15)14-21-12(17)20-13(22-14)19-11-5-6-11/h1-4,8,11H,5-7H2,(H3,17,19,20,21,22). The monoisotopic (exact) mass is 374 g/mol. The molecule has 0 saturated heterocycles. The average molecular weight is 375 g/mol. The fraction of sp³-hybridized carbons (Fsp3) is 0.267. The van der Waals surface area contributed by atoms with Crippen LogP contribution in [0.4, 0.5) is 11.9 Å². The molecule has 2 aromatic heterocycles. The number of nitrogen functional groups attached to an aromatic ring is 1. The molecular formula is C15H15ClN8S. The Balaban J connectivity index is 1.54. The van der Waals surface area contributed by atoms with Crippen LogP contribution in [-0.2, 0) is 5.75 Å². The number of hydrogen-bond acceptors (Lipinski definition) is 8. The van der Waals surface area contributed by atoms with E-state index in [0.29, 0.717) is 28.1 Å². The van der Waals surface area contributed by atoms with E-state index in [1.54, 1.807) is 10.9 Å². The molecule has 10 heteroatoms. The first-order chi connectivity index (χ1) is 12.2. The molecule has 25 heavy (non-hydrogen) atoms. The van der Waals surface area contributed by atoms with E-state index in [1.165, 1.54) is 11.8 Å². The number of nitrogens with one attached hydrogen (secondary N) is 1. The van der Waals surface area contributed by atoms with E-state index < -0.39 is 0 Å². The van der Waals surface area contributed by atoms with Crippen molar-refractivity contribution in [2.24, 2.45) is 0 Å². The van der Waals surface area contributed by atoms with E-state index in [9.17, 15) is 0 Å². The third kappa shape index (κ3) is 3.99. The Labute approximate surface area is 153 Å². The molecule has 3 aromatic rings. The maximum Gasteiger partial charge on any atom is 0.243 e. The van der Waals surface area contributed by atoms with Gasteiger partial charge in [0.1, 0.15) is 6.33 Å². The molecule has 3 N–H and O–H groups in total. The largest absolute Gasteiger partial charge is 0.368 e. The first kappa shape index (κ1) is 16.1. The summed E-state index contributed by atoms with van der Waals surface area (Å²) in [4.78, 5) is 12.7. The molecule has 128 valence electrons. The highest BCUT2D eigenvalue weighted by atomic mass is 35.5. The van der Waals surface area contributed by atoms with Gasteiger partial charge in [0.25, 0.3) is 0 Å². The van der Waals surface area contributed by atoms with Gasteiger partial charge in [-0.05, 0) is 30.5 Å². The Kier molecular flexibility index (Phi) is 4.41. The number of nitrogens with two attached hydrogens (primary N) is 1. The van der Waals surface area contributed by atoms with Crippen molar-refractivity contribution in [1.29, 1.82) is 0 Å². The highest BCUT2D eigenvalue weighted by molar-refractivity contribution is 7.98. The lowest BCUT2D eigenvalue weighted by Crippen LogP contribution is -2.12. The van der Waals surface area contributed by atoms with Crippen molar-refractivity contribution in [3.63, 3.8) is 0 Å². The molecule has 0 spiro atoms. The Morgan fingerprint density at radius 1 is 1.20 bits per heavy atom. The minimum Gasteiger partial charge on any atom is -0.368 e. The topological polar surface area (TPSA) is 107 Å². The second-order valence-electron chi connectivity index (χ2n) is 5.63. The fourth-order valence-corrected chi connectivity index (χ4v) is 3.14. The Bertz CT molecular complexity index is 877. The first-order valence-electron chi connectivity index (χ1n) is 7.73. The zero-order valence-electron chi connectivity index (χ0n) is 13.1. The lowest BCUT2D eigenvalue weighted by Gasteiger charge is -2.08. The van der Waals surface area contributed by atoms with Crippen LogP contribution >= 0.6 is 23.4 Å². The van der Waals surface area contributed by atoms with Crippen molar-refractivity contribution in [3.8, 4) is 5.95 Å². The van der Waals surface area contributed by atoms with Crippen LogP contribution in [-0.4, -0.2) is 35.8 Å². The molecule has 1 fully saturated rings. The van der Waals surface area contributed by atoms with E-state index >= 15 is 0 Å². The summed E-state index contributed by atoms with van der Waals surface area (Å²) in [6, 6.07) is 8.12. The van der Waals surface area contributed by atoms with Crippen LogP contribution < -0.4 is 11.1 Å². The Morgan fingerprint density at radius 3 is 2.76 bits per heavy atom. The van der Waals surface area contributed by atoms with Gasteiger partial charge in [-0.2, -0.15) is 15.0 Å². The number of halogens is 1. The van der Waals surface area contributed by atoms with Crippen molar-refractivity contribution in [3.05, 3.63) is 41.2 Å². The van der Waals surface area contributed by atoms with Gasteiger partial charge >= 0.3 is 0 Å². The highest BCUT2D eigenvalue weighted by Gasteiger charge is 2.23. The SMILES string of the molecule is Nc1nc(NC2CC2)nc(-n2cnnc2SCc2ccc(Cl)cc2)n1. The Hall–Kier alpha value is -2.39. The number of aromatic nitrogens is 6. The molecule has 0 amide bonds. The fourth-order valence-electron chi connectivity index (χ4n) is 2.15. The zero-order valence-corrected chi connectivity index (χ0v) is 14.7. The third-order valence-corrected chi connectivity index (χ3v) is 4.83. The number of nitrogens with zero attached hydrogens (tertiary/aromatic N) is 6. The molecule has 0 bridgehead atoms. The van der Waals surface area contributed by atoms with Crippen molar-refractivity contribution in [1.82, 2.24) is 29.7 Å².